The van der Waals surface area contributed by atoms with Crippen molar-refractivity contribution < 1.29 is 17.9 Å². The Balaban J connectivity index is 1.63. The highest BCUT2D eigenvalue weighted by atomic mass is 19.4. The van der Waals surface area contributed by atoms with Gasteiger partial charge in [0.05, 0.1) is 18.8 Å². The number of hydrogen-bond acceptors (Lipinski definition) is 7. The van der Waals surface area contributed by atoms with Crippen LogP contribution in [-0.4, -0.2) is 41.3 Å². The van der Waals surface area contributed by atoms with Gasteiger partial charge in [0, 0.05) is 24.5 Å². The summed E-state index contributed by atoms with van der Waals surface area (Å²) < 4.78 is 43.9. The molecule has 7 nitrogen and oxygen atoms in total. The Morgan fingerprint density at radius 3 is 2.16 bits per heavy atom. The first-order valence-corrected chi connectivity index (χ1v) is 10.2. The van der Waals surface area contributed by atoms with Gasteiger partial charge in [0.2, 0.25) is 17.8 Å². The van der Waals surface area contributed by atoms with Crippen LogP contribution in [0.4, 0.5) is 42.4 Å². The highest BCUT2D eigenvalue weighted by Crippen LogP contribution is 2.30. The van der Waals surface area contributed by atoms with Gasteiger partial charge in [-0.05, 0) is 49.7 Å². The lowest BCUT2D eigenvalue weighted by Gasteiger charge is -2.27. The van der Waals surface area contributed by atoms with Gasteiger partial charge in [-0.2, -0.15) is 28.1 Å². The van der Waals surface area contributed by atoms with E-state index in [1.165, 1.54) is 12.1 Å². The predicted octanol–water partition coefficient (Wildman–Crippen LogP) is 4.83. The number of halogens is 3. The van der Waals surface area contributed by atoms with Crippen molar-refractivity contribution in [1.82, 2.24) is 15.0 Å². The molecule has 1 aliphatic heterocycles. The maximum absolute atomic E-state index is 12.8. The third-order valence-corrected chi connectivity index (χ3v) is 5.01. The fourth-order valence-corrected chi connectivity index (χ4v) is 3.33. The van der Waals surface area contributed by atoms with Crippen molar-refractivity contribution >= 4 is 29.2 Å². The third kappa shape index (κ3) is 5.25. The van der Waals surface area contributed by atoms with Gasteiger partial charge in [-0.3, -0.25) is 0 Å². The molecule has 1 fully saturated rings. The molecule has 0 aliphatic carbocycles. The summed E-state index contributed by atoms with van der Waals surface area (Å²) in [6, 6.07) is 10.7. The molecule has 2 aromatic carbocycles. The maximum Gasteiger partial charge on any atom is 0.416 e. The molecule has 4 rings (SSSR count). The van der Waals surface area contributed by atoms with E-state index < -0.39 is 11.7 Å². The standard InChI is InChI=1S/C22H23F3N6O/c1-14-3-8-18(15(2)13-14)27-20-28-19(29-21(30-20)31-9-11-32-12-10-31)26-17-6-4-16(5-7-17)22(23,24)25/h3-8,13H,9-12H2,1-2H3,(H2,26,27,28,29,30). The second-order valence-corrected chi connectivity index (χ2v) is 7.53. The molecular formula is C22H23F3N6O. The lowest BCUT2D eigenvalue weighted by atomic mass is 10.1. The number of anilines is 5. The van der Waals surface area contributed by atoms with Crippen molar-refractivity contribution in [3.05, 3.63) is 59.2 Å². The molecule has 0 bridgehead atoms. The first-order chi connectivity index (χ1) is 15.3. The maximum atomic E-state index is 12.8. The number of hydrogen-bond donors (Lipinski definition) is 2. The Labute approximate surface area is 183 Å². The minimum Gasteiger partial charge on any atom is -0.378 e. The van der Waals surface area contributed by atoms with Crippen LogP contribution < -0.4 is 15.5 Å². The summed E-state index contributed by atoms with van der Waals surface area (Å²) in [4.78, 5) is 15.4. The molecule has 2 N–H and O–H groups in total. The van der Waals surface area contributed by atoms with E-state index in [2.05, 4.69) is 25.6 Å². The highest BCUT2D eigenvalue weighted by Gasteiger charge is 2.30. The molecule has 0 spiro atoms. The Kier molecular flexibility index (Phi) is 6.13. The van der Waals surface area contributed by atoms with E-state index in [0.717, 1.165) is 28.9 Å². The van der Waals surface area contributed by atoms with Crippen LogP contribution in [-0.2, 0) is 10.9 Å². The van der Waals surface area contributed by atoms with Crippen molar-refractivity contribution in [2.75, 3.05) is 41.8 Å². The second kappa shape index (κ2) is 8.99. The largest absolute Gasteiger partial charge is 0.416 e. The van der Waals surface area contributed by atoms with Crippen LogP contribution in [0.1, 0.15) is 16.7 Å². The fraction of sp³-hybridized carbons (Fsp3) is 0.318. The van der Waals surface area contributed by atoms with Crippen molar-refractivity contribution in [3.8, 4) is 0 Å². The summed E-state index contributed by atoms with van der Waals surface area (Å²) in [7, 11) is 0. The summed E-state index contributed by atoms with van der Waals surface area (Å²) >= 11 is 0. The zero-order valence-corrected chi connectivity index (χ0v) is 17.7. The number of nitrogens with zero attached hydrogens (tertiary/aromatic N) is 4. The van der Waals surface area contributed by atoms with Gasteiger partial charge in [0.1, 0.15) is 0 Å². The van der Waals surface area contributed by atoms with Crippen molar-refractivity contribution in [3.63, 3.8) is 0 Å². The predicted molar refractivity (Wildman–Crippen MR) is 117 cm³/mol. The van der Waals surface area contributed by atoms with Crippen LogP contribution in [0.15, 0.2) is 42.5 Å². The van der Waals surface area contributed by atoms with E-state index in [-0.39, 0.29) is 5.95 Å². The molecular weight excluding hydrogens is 421 g/mol. The second-order valence-electron chi connectivity index (χ2n) is 7.53. The number of morpholine rings is 1. The number of aryl methyl sites for hydroxylation is 2. The SMILES string of the molecule is Cc1ccc(Nc2nc(Nc3ccc(C(F)(F)F)cc3)nc(N3CCOCC3)n2)c(C)c1. The van der Waals surface area contributed by atoms with Crippen molar-refractivity contribution in [2.24, 2.45) is 0 Å². The van der Waals surface area contributed by atoms with Crippen LogP contribution in [0.3, 0.4) is 0 Å². The minimum atomic E-state index is -4.39. The average Bonchev–Trinajstić information content (AvgIpc) is 2.76. The molecule has 0 amide bonds. The number of benzene rings is 2. The Bertz CT molecular complexity index is 1080. The summed E-state index contributed by atoms with van der Waals surface area (Å²) in [6.45, 7) is 6.39. The first kappa shape index (κ1) is 21.8. The van der Waals surface area contributed by atoms with Gasteiger partial charge in [-0.1, -0.05) is 17.7 Å². The van der Waals surface area contributed by atoms with Crippen molar-refractivity contribution in [1.29, 1.82) is 0 Å². The monoisotopic (exact) mass is 444 g/mol. The van der Waals surface area contributed by atoms with E-state index in [1.54, 1.807) is 0 Å². The van der Waals surface area contributed by atoms with E-state index in [9.17, 15) is 13.2 Å². The van der Waals surface area contributed by atoms with Crippen LogP contribution in [0.25, 0.3) is 0 Å². The molecule has 168 valence electrons. The van der Waals surface area contributed by atoms with Crippen LogP contribution in [0.5, 0.6) is 0 Å². The number of aromatic nitrogens is 3. The first-order valence-electron chi connectivity index (χ1n) is 10.2. The molecule has 0 saturated carbocycles. The molecule has 0 unspecified atom stereocenters. The zero-order valence-electron chi connectivity index (χ0n) is 17.7. The van der Waals surface area contributed by atoms with Gasteiger partial charge in [0.15, 0.2) is 0 Å². The summed E-state index contributed by atoms with van der Waals surface area (Å²) in [6.07, 6.45) is -4.39. The summed E-state index contributed by atoms with van der Waals surface area (Å²) in [5, 5.41) is 6.21. The molecule has 1 aromatic heterocycles. The van der Waals surface area contributed by atoms with Crippen LogP contribution in [0, 0.1) is 13.8 Å². The Morgan fingerprint density at radius 2 is 1.53 bits per heavy atom. The fourth-order valence-electron chi connectivity index (χ4n) is 3.33. The normalized spacial score (nSPS) is 14.3. The van der Waals surface area contributed by atoms with Gasteiger partial charge >= 0.3 is 6.18 Å². The molecule has 2 heterocycles. The number of nitrogens with one attached hydrogen (secondary N) is 2. The van der Waals surface area contributed by atoms with Crippen molar-refractivity contribution in [2.45, 2.75) is 20.0 Å². The molecule has 32 heavy (non-hydrogen) atoms. The lowest BCUT2D eigenvalue weighted by Crippen LogP contribution is -2.37. The summed E-state index contributed by atoms with van der Waals surface area (Å²) in [5.74, 6) is 1.03. The molecule has 1 saturated heterocycles. The van der Waals surface area contributed by atoms with Gasteiger partial charge < -0.3 is 20.3 Å². The number of ether oxygens (including phenoxy) is 1. The highest BCUT2D eigenvalue weighted by molar-refractivity contribution is 5.62. The Morgan fingerprint density at radius 1 is 0.875 bits per heavy atom. The molecule has 0 atom stereocenters. The van der Waals surface area contributed by atoms with Crippen LogP contribution in [0.2, 0.25) is 0 Å². The van der Waals surface area contributed by atoms with E-state index in [4.69, 9.17) is 4.74 Å². The quantitative estimate of drug-likeness (QED) is 0.584. The lowest BCUT2D eigenvalue weighted by molar-refractivity contribution is -0.137. The van der Waals surface area contributed by atoms with Gasteiger partial charge in [0.25, 0.3) is 0 Å². The van der Waals surface area contributed by atoms with E-state index in [1.807, 2.05) is 36.9 Å². The average molecular weight is 444 g/mol. The third-order valence-electron chi connectivity index (χ3n) is 5.01. The number of alkyl halides is 3. The minimum absolute atomic E-state index is 0.230. The van der Waals surface area contributed by atoms with E-state index in [0.29, 0.717) is 43.9 Å². The molecule has 10 heteroatoms. The zero-order chi connectivity index (χ0) is 22.7. The topological polar surface area (TPSA) is 75.2 Å². The van der Waals surface area contributed by atoms with Crippen LogP contribution >= 0.6 is 0 Å². The summed E-state index contributed by atoms with van der Waals surface area (Å²) in [5.41, 5.74) is 2.76. The molecule has 0 radical (unpaired) electrons. The number of rotatable bonds is 5. The Hall–Kier alpha value is -3.40. The van der Waals surface area contributed by atoms with E-state index >= 15 is 0 Å². The smallest absolute Gasteiger partial charge is 0.378 e. The molecule has 1 aliphatic rings. The molecule has 3 aromatic rings. The van der Waals surface area contributed by atoms with Gasteiger partial charge in [-0.25, -0.2) is 0 Å². The van der Waals surface area contributed by atoms with Gasteiger partial charge in [-0.15, -0.1) is 0 Å².